The van der Waals surface area contributed by atoms with Crippen LogP contribution in [0.15, 0.2) is 48.5 Å². The van der Waals surface area contributed by atoms with Crippen LogP contribution in [0.5, 0.6) is 0 Å². The average Bonchev–Trinajstić information content (AvgIpc) is 3.35. The Labute approximate surface area is 191 Å². The number of H-pyrrole nitrogens is 1. The fraction of sp³-hybridized carbons (Fsp3) is 0.240. The molecule has 33 heavy (non-hydrogen) atoms. The summed E-state index contributed by atoms with van der Waals surface area (Å²) in [5.41, 5.74) is 6.88. The van der Waals surface area contributed by atoms with E-state index < -0.39 is 0 Å². The maximum Gasteiger partial charge on any atom is 0.337 e. The van der Waals surface area contributed by atoms with Gasteiger partial charge in [0.1, 0.15) is 0 Å². The Hall–Kier alpha value is -4.07. The van der Waals surface area contributed by atoms with Gasteiger partial charge in [-0.05, 0) is 44.2 Å². The van der Waals surface area contributed by atoms with Crippen molar-refractivity contribution in [3.63, 3.8) is 0 Å². The molecule has 4 aromatic rings. The number of fused-ring (bicyclic) bond motifs is 3. The number of para-hydroxylation sites is 1. The van der Waals surface area contributed by atoms with E-state index in [0.717, 1.165) is 44.9 Å². The van der Waals surface area contributed by atoms with E-state index >= 15 is 0 Å². The smallest absolute Gasteiger partial charge is 0.337 e. The number of carbonyl (C=O) groups is 2. The maximum atomic E-state index is 13.2. The van der Waals surface area contributed by atoms with Crippen molar-refractivity contribution in [1.29, 1.82) is 0 Å². The van der Waals surface area contributed by atoms with E-state index in [-0.39, 0.29) is 12.0 Å². The molecule has 1 aliphatic rings. The third-order valence-electron chi connectivity index (χ3n) is 6.21. The van der Waals surface area contributed by atoms with Crippen molar-refractivity contribution in [2.75, 3.05) is 19.0 Å². The first-order valence-electron chi connectivity index (χ1n) is 10.9. The predicted octanol–water partition coefficient (Wildman–Crippen LogP) is 4.35. The standard InChI is InChI=1S/C25H25N5O3/c1-15-23(16(2)30(28-15)18-7-5-4-6-8-18)27-25(32)29-12-11-22-20(14-29)19-13-17(24(31)33-3)9-10-21(19)26-22/h4-10,13,26H,11-12,14H2,1-3H3,(H,27,32). The lowest BCUT2D eigenvalue weighted by molar-refractivity contribution is 0.0601. The zero-order valence-corrected chi connectivity index (χ0v) is 18.8. The molecule has 0 radical (unpaired) electrons. The Kier molecular flexibility index (Phi) is 5.12. The second kappa shape index (κ2) is 8.12. The highest BCUT2D eigenvalue weighted by Crippen LogP contribution is 2.30. The lowest BCUT2D eigenvalue weighted by Gasteiger charge is -2.27. The SMILES string of the molecule is COC(=O)c1ccc2[nH]c3c(c2c1)CN(C(=O)Nc1c(C)nn(-c2ccccc2)c1C)CC3. The molecule has 2 N–H and O–H groups in total. The molecule has 0 atom stereocenters. The van der Waals surface area contributed by atoms with Gasteiger partial charge in [-0.15, -0.1) is 0 Å². The van der Waals surface area contributed by atoms with E-state index in [1.165, 1.54) is 7.11 Å². The van der Waals surface area contributed by atoms with Crippen LogP contribution in [-0.2, 0) is 17.7 Å². The molecule has 0 fully saturated rings. The second-order valence-corrected chi connectivity index (χ2v) is 8.23. The number of aryl methyl sites for hydroxylation is 1. The number of ether oxygens (including phenoxy) is 1. The lowest BCUT2D eigenvalue weighted by Crippen LogP contribution is -2.39. The number of amides is 2. The number of aromatic amines is 1. The minimum Gasteiger partial charge on any atom is -0.465 e. The van der Waals surface area contributed by atoms with Crippen LogP contribution in [0.2, 0.25) is 0 Å². The van der Waals surface area contributed by atoms with Crippen molar-refractivity contribution in [1.82, 2.24) is 19.7 Å². The molecule has 2 aromatic heterocycles. The zero-order valence-electron chi connectivity index (χ0n) is 18.8. The van der Waals surface area contributed by atoms with Gasteiger partial charge in [0.25, 0.3) is 0 Å². The first kappa shape index (κ1) is 20.8. The number of nitrogens with zero attached hydrogens (tertiary/aromatic N) is 3. The Bertz CT molecular complexity index is 1370. The molecule has 2 aromatic carbocycles. The molecule has 0 spiro atoms. The Morgan fingerprint density at radius 2 is 1.91 bits per heavy atom. The molecule has 5 rings (SSSR count). The van der Waals surface area contributed by atoms with Gasteiger partial charge in [-0.3, -0.25) is 0 Å². The number of anilines is 1. The van der Waals surface area contributed by atoms with Gasteiger partial charge in [-0.1, -0.05) is 18.2 Å². The zero-order chi connectivity index (χ0) is 23.1. The van der Waals surface area contributed by atoms with Crippen LogP contribution >= 0.6 is 0 Å². The summed E-state index contributed by atoms with van der Waals surface area (Å²) >= 11 is 0. The molecule has 8 heteroatoms. The van der Waals surface area contributed by atoms with E-state index in [1.54, 1.807) is 11.0 Å². The van der Waals surface area contributed by atoms with Gasteiger partial charge in [-0.25, -0.2) is 14.3 Å². The van der Waals surface area contributed by atoms with Crippen LogP contribution < -0.4 is 5.32 Å². The molecule has 0 unspecified atom stereocenters. The van der Waals surface area contributed by atoms with Crippen molar-refractivity contribution in [2.24, 2.45) is 0 Å². The number of carbonyl (C=O) groups excluding carboxylic acids is 2. The van der Waals surface area contributed by atoms with Gasteiger partial charge in [0.05, 0.1) is 35.4 Å². The topological polar surface area (TPSA) is 92.2 Å². The molecule has 168 valence electrons. The molecule has 0 saturated heterocycles. The van der Waals surface area contributed by atoms with Crippen molar-refractivity contribution in [2.45, 2.75) is 26.8 Å². The molecule has 8 nitrogen and oxygen atoms in total. The number of hydrogen-bond acceptors (Lipinski definition) is 4. The van der Waals surface area contributed by atoms with Crippen molar-refractivity contribution in [3.05, 3.63) is 76.7 Å². The quantitative estimate of drug-likeness (QED) is 0.461. The van der Waals surface area contributed by atoms with Gasteiger partial charge >= 0.3 is 12.0 Å². The minimum atomic E-state index is -0.376. The van der Waals surface area contributed by atoms with Crippen LogP contribution in [0.4, 0.5) is 10.5 Å². The number of urea groups is 1. The summed E-state index contributed by atoms with van der Waals surface area (Å²) in [5, 5.41) is 8.62. The summed E-state index contributed by atoms with van der Waals surface area (Å²) in [4.78, 5) is 30.4. The highest BCUT2D eigenvalue weighted by Gasteiger charge is 2.26. The highest BCUT2D eigenvalue weighted by atomic mass is 16.5. The predicted molar refractivity (Wildman–Crippen MR) is 126 cm³/mol. The Balaban J connectivity index is 1.40. The van der Waals surface area contributed by atoms with Gasteiger partial charge < -0.3 is 19.9 Å². The van der Waals surface area contributed by atoms with Crippen LogP contribution in [0.1, 0.15) is 33.0 Å². The van der Waals surface area contributed by atoms with E-state index in [9.17, 15) is 9.59 Å². The number of benzene rings is 2. The minimum absolute atomic E-state index is 0.169. The van der Waals surface area contributed by atoms with Gasteiger partial charge in [0, 0.05) is 41.7 Å². The van der Waals surface area contributed by atoms with Crippen molar-refractivity contribution in [3.8, 4) is 5.69 Å². The second-order valence-electron chi connectivity index (χ2n) is 8.23. The first-order chi connectivity index (χ1) is 16.0. The van der Waals surface area contributed by atoms with E-state index in [1.807, 2.05) is 61.0 Å². The number of esters is 1. The summed E-state index contributed by atoms with van der Waals surface area (Å²) < 4.78 is 6.70. The molecular weight excluding hydrogens is 418 g/mol. The molecule has 3 heterocycles. The first-order valence-corrected chi connectivity index (χ1v) is 10.9. The Morgan fingerprint density at radius 3 is 2.67 bits per heavy atom. The van der Waals surface area contributed by atoms with Crippen LogP contribution in [-0.4, -0.2) is 45.3 Å². The van der Waals surface area contributed by atoms with Crippen LogP contribution in [0, 0.1) is 13.8 Å². The fourth-order valence-electron chi connectivity index (χ4n) is 4.46. The molecular formula is C25H25N5O3. The molecule has 0 bridgehead atoms. The largest absolute Gasteiger partial charge is 0.465 e. The van der Waals surface area contributed by atoms with E-state index in [4.69, 9.17) is 4.74 Å². The summed E-state index contributed by atoms with van der Waals surface area (Å²) in [5.74, 6) is -0.376. The van der Waals surface area contributed by atoms with Crippen LogP contribution in [0.3, 0.4) is 0 Å². The number of nitrogens with one attached hydrogen (secondary N) is 2. The normalized spacial score (nSPS) is 13.1. The molecule has 0 saturated carbocycles. The van der Waals surface area contributed by atoms with E-state index in [0.29, 0.717) is 25.1 Å². The summed E-state index contributed by atoms with van der Waals surface area (Å²) in [7, 11) is 1.37. The summed E-state index contributed by atoms with van der Waals surface area (Å²) in [6, 6.07) is 15.1. The van der Waals surface area contributed by atoms with E-state index in [2.05, 4.69) is 15.4 Å². The third-order valence-corrected chi connectivity index (χ3v) is 6.21. The van der Waals surface area contributed by atoms with Gasteiger partial charge in [0.15, 0.2) is 0 Å². The monoisotopic (exact) mass is 443 g/mol. The van der Waals surface area contributed by atoms with Crippen molar-refractivity contribution >= 4 is 28.6 Å². The fourth-order valence-corrected chi connectivity index (χ4v) is 4.46. The maximum absolute atomic E-state index is 13.2. The summed E-state index contributed by atoms with van der Waals surface area (Å²) in [6.07, 6.45) is 0.715. The third kappa shape index (κ3) is 3.63. The lowest BCUT2D eigenvalue weighted by atomic mass is 10.0. The van der Waals surface area contributed by atoms with Crippen molar-refractivity contribution < 1.29 is 14.3 Å². The average molecular weight is 444 g/mol. The molecule has 1 aliphatic heterocycles. The number of aromatic nitrogens is 3. The number of hydrogen-bond donors (Lipinski definition) is 2. The number of methoxy groups -OCH3 is 1. The molecule has 2 amide bonds. The highest BCUT2D eigenvalue weighted by molar-refractivity contribution is 5.97. The molecule has 0 aliphatic carbocycles. The number of rotatable bonds is 3. The van der Waals surface area contributed by atoms with Gasteiger partial charge in [-0.2, -0.15) is 5.10 Å². The summed E-state index contributed by atoms with van der Waals surface area (Å²) in [6.45, 7) is 4.90. The van der Waals surface area contributed by atoms with Crippen LogP contribution in [0.25, 0.3) is 16.6 Å². The Morgan fingerprint density at radius 1 is 1.12 bits per heavy atom. The van der Waals surface area contributed by atoms with Gasteiger partial charge in [0.2, 0.25) is 0 Å².